The fourth-order valence-electron chi connectivity index (χ4n) is 2.22. The van der Waals surface area contributed by atoms with Gasteiger partial charge in [0.1, 0.15) is 11.5 Å². The Morgan fingerprint density at radius 3 is 1.96 bits per heavy atom. The van der Waals surface area contributed by atoms with E-state index in [0.29, 0.717) is 17.1 Å². The maximum Gasteiger partial charge on any atom is 0.488 e. The van der Waals surface area contributed by atoms with Crippen LogP contribution in [-0.4, -0.2) is 44.6 Å². The van der Waals surface area contributed by atoms with E-state index in [-0.39, 0.29) is 0 Å². The summed E-state index contributed by atoms with van der Waals surface area (Å²) in [5.74, 6) is 2.04. The van der Waals surface area contributed by atoms with Crippen LogP contribution < -0.4 is 14.9 Å². The average molecular weight is 474 g/mol. The summed E-state index contributed by atoms with van der Waals surface area (Å²) in [5.41, 5.74) is 1.69. The van der Waals surface area contributed by atoms with Crippen molar-refractivity contribution in [1.82, 2.24) is 0 Å². The Kier molecular flexibility index (Phi) is 7.77. The van der Waals surface area contributed by atoms with Gasteiger partial charge in [0, 0.05) is 14.9 Å². The highest BCUT2D eigenvalue weighted by molar-refractivity contribution is 9.10. The molecule has 0 bridgehead atoms. The summed E-state index contributed by atoms with van der Waals surface area (Å²) in [7, 11) is 1.74. The Morgan fingerprint density at radius 2 is 1.48 bits per heavy atom. The number of hydrogen-bond acceptors (Lipinski definition) is 5. The van der Waals surface area contributed by atoms with Gasteiger partial charge in [0.05, 0.1) is 27.4 Å². The summed E-state index contributed by atoms with van der Waals surface area (Å²) < 4.78 is 17.1. The fraction of sp³-hybridized carbons (Fsp3) is 0.294. The van der Waals surface area contributed by atoms with Crippen LogP contribution in [0.15, 0.2) is 45.3 Å². The van der Waals surface area contributed by atoms with Gasteiger partial charge in [-0.3, -0.25) is 0 Å². The topological polar surface area (TPSA) is 68.2 Å². The highest BCUT2D eigenvalue weighted by Gasteiger charge is 2.21. The van der Waals surface area contributed by atoms with Gasteiger partial charge in [0.2, 0.25) is 0 Å². The molecular weight excluding hydrogens is 455 g/mol. The summed E-state index contributed by atoms with van der Waals surface area (Å²) in [5, 5.41) is 17.7. The van der Waals surface area contributed by atoms with E-state index >= 15 is 0 Å². The number of benzene rings is 2. The van der Waals surface area contributed by atoms with Crippen LogP contribution in [0.5, 0.6) is 11.5 Å². The molecule has 8 heteroatoms. The van der Waals surface area contributed by atoms with Gasteiger partial charge >= 0.3 is 7.12 Å². The molecule has 0 aromatic heterocycles. The van der Waals surface area contributed by atoms with Gasteiger partial charge in [-0.15, -0.1) is 0 Å². The highest BCUT2D eigenvalue weighted by atomic mass is 79.9. The van der Waals surface area contributed by atoms with Crippen LogP contribution in [0.1, 0.15) is 11.5 Å². The molecule has 0 unspecified atom stereocenters. The van der Waals surface area contributed by atoms with Crippen molar-refractivity contribution in [3.05, 3.63) is 50.9 Å². The molecule has 0 amide bonds. The van der Waals surface area contributed by atoms with Gasteiger partial charge in [-0.1, -0.05) is 31.9 Å². The van der Waals surface area contributed by atoms with Gasteiger partial charge in [0.25, 0.3) is 0 Å². The van der Waals surface area contributed by atoms with Crippen molar-refractivity contribution in [1.29, 1.82) is 0 Å². The predicted octanol–water partition coefficient (Wildman–Crippen LogP) is 2.71. The summed E-state index contributed by atoms with van der Waals surface area (Å²) in [4.78, 5) is 0. The Balaban J connectivity index is 0.000000181. The standard InChI is InChI=1S/C10H11BrO2.C7H8BBrO3/c1-12-10-3-7(2-9(11)4-10)8-5-13-6-8;1-12-7-3-5(8(10)11)2-6(9)4-7/h2-4,8H,5-6H2,1H3;2-4,10-11H,1H3. The number of ether oxygens (including phenoxy) is 3. The van der Waals surface area contributed by atoms with E-state index in [1.54, 1.807) is 25.3 Å². The van der Waals surface area contributed by atoms with Crippen LogP contribution >= 0.6 is 31.9 Å². The molecule has 1 saturated heterocycles. The SMILES string of the molecule is COc1cc(Br)cc(B(O)O)c1.COc1cc(Br)cc(C2COC2)c1. The Bertz CT molecular complexity index is 707. The van der Waals surface area contributed by atoms with E-state index in [2.05, 4.69) is 44.0 Å². The molecule has 25 heavy (non-hydrogen) atoms. The minimum Gasteiger partial charge on any atom is -0.497 e. The second-order valence-corrected chi connectivity index (χ2v) is 7.29. The third kappa shape index (κ3) is 6.00. The third-order valence-electron chi connectivity index (χ3n) is 3.67. The molecule has 1 fully saturated rings. The van der Waals surface area contributed by atoms with Crippen molar-refractivity contribution in [3.63, 3.8) is 0 Å². The number of methoxy groups -OCH3 is 2. The van der Waals surface area contributed by atoms with E-state index in [9.17, 15) is 0 Å². The maximum atomic E-state index is 8.85. The van der Waals surface area contributed by atoms with Crippen molar-refractivity contribution in [2.24, 2.45) is 0 Å². The fourth-order valence-corrected chi connectivity index (χ4v) is 3.20. The molecule has 2 N–H and O–H groups in total. The number of halogens is 2. The van der Waals surface area contributed by atoms with Crippen LogP contribution in [0.25, 0.3) is 0 Å². The molecule has 5 nitrogen and oxygen atoms in total. The summed E-state index contributed by atoms with van der Waals surface area (Å²) >= 11 is 6.67. The zero-order chi connectivity index (χ0) is 18.4. The molecule has 1 aliphatic rings. The minimum absolute atomic E-state index is 0.404. The van der Waals surface area contributed by atoms with E-state index in [4.69, 9.17) is 24.3 Å². The smallest absolute Gasteiger partial charge is 0.488 e. The zero-order valence-corrected chi connectivity index (χ0v) is 17.1. The Hall–Kier alpha value is -1.06. The molecule has 1 aliphatic heterocycles. The van der Waals surface area contributed by atoms with Gasteiger partial charge in [-0.2, -0.15) is 0 Å². The van der Waals surface area contributed by atoms with Gasteiger partial charge < -0.3 is 24.3 Å². The molecule has 134 valence electrons. The normalized spacial score (nSPS) is 13.4. The summed E-state index contributed by atoms with van der Waals surface area (Å²) in [6, 6.07) is 11.1. The zero-order valence-electron chi connectivity index (χ0n) is 13.9. The molecule has 0 saturated carbocycles. The largest absolute Gasteiger partial charge is 0.497 e. The minimum atomic E-state index is -1.46. The molecule has 0 atom stereocenters. The van der Waals surface area contributed by atoms with Crippen LogP contribution in [0.2, 0.25) is 0 Å². The predicted molar refractivity (Wildman–Crippen MR) is 105 cm³/mol. The van der Waals surface area contributed by atoms with Crippen molar-refractivity contribution in [3.8, 4) is 11.5 Å². The first-order valence-electron chi connectivity index (χ1n) is 7.55. The quantitative estimate of drug-likeness (QED) is 0.668. The summed E-state index contributed by atoms with van der Waals surface area (Å²) in [6.45, 7) is 1.67. The monoisotopic (exact) mass is 472 g/mol. The number of rotatable bonds is 4. The first-order valence-corrected chi connectivity index (χ1v) is 9.14. The molecule has 0 spiro atoms. The van der Waals surface area contributed by atoms with Crippen LogP contribution in [-0.2, 0) is 4.74 Å². The molecule has 0 radical (unpaired) electrons. The second-order valence-electron chi connectivity index (χ2n) is 5.46. The molecule has 1 heterocycles. The number of hydrogen-bond donors (Lipinski definition) is 2. The van der Waals surface area contributed by atoms with Crippen LogP contribution in [0.4, 0.5) is 0 Å². The lowest BCUT2D eigenvalue weighted by Crippen LogP contribution is -2.29. The van der Waals surface area contributed by atoms with Crippen molar-refractivity contribution >= 4 is 44.4 Å². The molecule has 0 aliphatic carbocycles. The van der Waals surface area contributed by atoms with Crippen molar-refractivity contribution in [2.45, 2.75) is 5.92 Å². The third-order valence-corrected chi connectivity index (χ3v) is 4.58. The second kappa shape index (κ2) is 9.59. The van der Waals surface area contributed by atoms with E-state index < -0.39 is 7.12 Å². The molecule has 2 aromatic carbocycles. The van der Waals surface area contributed by atoms with Gasteiger partial charge in [0.15, 0.2) is 0 Å². The van der Waals surface area contributed by atoms with E-state index in [1.165, 1.54) is 12.7 Å². The highest BCUT2D eigenvalue weighted by Crippen LogP contribution is 2.30. The molecular formula is C17H19BBr2O5. The molecule has 2 aromatic rings. The first-order chi connectivity index (χ1) is 11.9. The van der Waals surface area contributed by atoms with Gasteiger partial charge in [-0.25, -0.2) is 0 Å². The lowest BCUT2D eigenvalue weighted by Gasteiger charge is -2.26. The van der Waals surface area contributed by atoms with Crippen LogP contribution in [0, 0.1) is 0 Å². The summed E-state index contributed by atoms with van der Waals surface area (Å²) in [6.07, 6.45) is 0. The van der Waals surface area contributed by atoms with Crippen molar-refractivity contribution in [2.75, 3.05) is 27.4 Å². The van der Waals surface area contributed by atoms with Gasteiger partial charge in [-0.05, 0) is 47.4 Å². The Morgan fingerprint density at radius 1 is 0.920 bits per heavy atom. The lowest BCUT2D eigenvalue weighted by atomic mass is 9.80. The Labute approximate surface area is 164 Å². The van der Waals surface area contributed by atoms with E-state index in [1.807, 2.05) is 6.07 Å². The maximum absolute atomic E-state index is 8.85. The first kappa shape index (κ1) is 20.3. The molecule has 3 rings (SSSR count). The van der Waals surface area contributed by atoms with E-state index in [0.717, 1.165) is 27.9 Å². The van der Waals surface area contributed by atoms with Crippen LogP contribution in [0.3, 0.4) is 0 Å². The lowest BCUT2D eigenvalue weighted by molar-refractivity contribution is 0.00834. The van der Waals surface area contributed by atoms with Crippen molar-refractivity contribution < 1.29 is 24.3 Å². The average Bonchev–Trinajstić information content (AvgIpc) is 2.52.